The Morgan fingerprint density at radius 2 is 1.52 bits per heavy atom. The number of nitriles is 1. The Morgan fingerprint density at radius 3 is 2.06 bits per heavy atom. The number of rotatable bonds is 7. The molecule has 0 saturated carbocycles. The second-order valence-electron chi connectivity index (χ2n) is 7.38. The number of nitrogens with zero attached hydrogens (tertiary/aromatic N) is 1. The fourth-order valence-corrected chi connectivity index (χ4v) is 3.10. The lowest BCUT2D eigenvalue weighted by molar-refractivity contribution is -0.118. The summed E-state index contributed by atoms with van der Waals surface area (Å²) in [5, 5.41) is 15.1. The average molecular weight is 460 g/mol. The molecule has 6 nitrogen and oxygen atoms in total. The van der Waals surface area contributed by atoms with Crippen LogP contribution in [0.1, 0.15) is 16.7 Å². The van der Waals surface area contributed by atoms with E-state index in [1.807, 2.05) is 56.3 Å². The summed E-state index contributed by atoms with van der Waals surface area (Å²) in [6.07, 6.45) is 1.43. The lowest BCUT2D eigenvalue weighted by Gasteiger charge is -2.10. The third-order valence-electron chi connectivity index (χ3n) is 4.64. The number of hydrogen-bond acceptors (Lipinski definition) is 4. The van der Waals surface area contributed by atoms with Gasteiger partial charge in [0.25, 0.3) is 11.8 Å². The van der Waals surface area contributed by atoms with Gasteiger partial charge in [0.05, 0.1) is 5.02 Å². The van der Waals surface area contributed by atoms with Crippen LogP contribution in [0.2, 0.25) is 5.02 Å². The van der Waals surface area contributed by atoms with E-state index in [4.69, 9.17) is 16.3 Å². The maximum Gasteiger partial charge on any atom is 0.266 e. The Bertz CT molecular complexity index is 1230. The van der Waals surface area contributed by atoms with Crippen LogP contribution in [-0.4, -0.2) is 18.4 Å². The first-order valence-electron chi connectivity index (χ1n) is 10.1. The fraction of sp³-hybridized carbons (Fsp3) is 0.115. The molecule has 0 unspecified atom stereocenters. The van der Waals surface area contributed by atoms with Gasteiger partial charge in [0.2, 0.25) is 0 Å². The van der Waals surface area contributed by atoms with E-state index in [9.17, 15) is 14.9 Å². The number of ether oxygens (including phenoxy) is 1. The van der Waals surface area contributed by atoms with Crippen molar-refractivity contribution in [3.05, 3.63) is 94.0 Å². The quantitative estimate of drug-likeness (QED) is 0.359. The van der Waals surface area contributed by atoms with Crippen molar-refractivity contribution >= 4 is 40.9 Å². The molecule has 2 amide bonds. The largest absolute Gasteiger partial charge is 0.482 e. The van der Waals surface area contributed by atoms with Gasteiger partial charge in [-0.25, -0.2) is 0 Å². The molecule has 0 radical (unpaired) electrons. The molecule has 0 aliphatic rings. The second kappa shape index (κ2) is 11.0. The minimum atomic E-state index is -0.523. The van der Waals surface area contributed by atoms with Crippen molar-refractivity contribution in [2.24, 2.45) is 0 Å². The zero-order chi connectivity index (χ0) is 23.8. The molecule has 0 bridgehead atoms. The SMILES string of the molecule is Cc1ccc(NC(=O)COc2ccc(/C=C(\C#N)C(=O)Nc3ccc(C)cc3)cc2Cl)cc1. The maximum atomic E-state index is 12.4. The Labute approximate surface area is 197 Å². The van der Waals surface area contributed by atoms with Gasteiger partial charge in [-0.2, -0.15) is 5.26 Å². The van der Waals surface area contributed by atoms with Crippen LogP contribution in [0.15, 0.2) is 72.3 Å². The molecule has 0 saturated heterocycles. The van der Waals surface area contributed by atoms with E-state index in [1.165, 1.54) is 6.08 Å². The van der Waals surface area contributed by atoms with Gasteiger partial charge in [0.1, 0.15) is 17.4 Å². The third kappa shape index (κ3) is 6.96. The number of nitrogens with one attached hydrogen (secondary N) is 2. The lowest BCUT2D eigenvalue weighted by atomic mass is 10.1. The standard InChI is InChI=1S/C26H22ClN3O3/c1-17-3-8-21(9-4-17)29-25(31)16-33-24-12-7-19(14-23(24)27)13-20(15-28)26(32)30-22-10-5-18(2)6-11-22/h3-14H,16H2,1-2H3,(H,29,31)(H,30,32)/b20-13+. The predicted molar refractivity (Wildman–Crippen MR) is 130 cm³/mol. The molecule has 0 heterocycles. The molecule has 0 atom stereocenters. The minimum Gasteiger partial charge on any atom is -0.482 e. The molecular weight excluding hydrogens is 438 g/mol. The van der Waals surface area contributed by atoms with E-state index in [0.717, 1.165) is 11.1 Å². The Hall–Kier alpha value is -4.08. The van der Waals surface area contributed by atoms with Crippen molar-refractivity contribution < 1.29 is 14.3 Å². The molecule has 33 heavy (non-hydrogen) atoms. The van der Waals surface area contributed by atoms with Gasteiger partial charge in [-0.3, -0.25) is 9.59 Å². The normalized spacial score (nSPS) is 10.8. The van der Waals surface area contributed by atoms with E-state index < -0.39 is 5.91 Å². The summed E-state index contributed by atoms with van der Waals surface area (Å²) in [5.74, 6) is -0.528. The van der Waals surface area contributed by atoms with E-state index in [2.05, 4.69) is 10.6 Å². The highest BCUT2D eigenvalue weighted by molar-refractivity contribution is 6.32. The van der Waals surface area contributed by atoms with Gasteiger partial charge in [-0.05, 0) is 61.9 Å². The van der Waals surface area contributed by atoms with Crippen LogP contribution >= 0.6 is 11.6 Å². The second-order valence-corrected chi connectivity index (χ2v) is 7.79. The van der Waals surface area contributed by atoms with E-state index in [0.29, 0.717) is 22.7 Å². The molecule has 0 aromatic heterocycles. The summed E-state index contributed by atoms with van der Waals surface area (Å²) in [7, 11) is 0. The summed E-state index contributed by atoms with van der Waals surface area (Å²) in [4.78, 5) is 24.5. The monoisotopic (exact) mass is 459 g/mol. The summed E-state index contributed by atoms with van der Waals surface area (Å²) in [6.45, 7) is 3.69. The molecule has 2 N–H and O–H groups in total. The highest BCUT2D eigenvalue weighted by Gasteiger charge is 2.11. The number of halogens is 1. The number of benzene rings is 3. The molecule has 0 aliphatic carbocycles. The van der Waals surface area contributed by atoms with Crippen LogP contribution in [0, 0.1) is 25.2 Å². The number of aryl methyl sites for hydroxylation is 2. The van der Waals surface area contributed by atoms with E-state index >= 15 is 0 Å². The first-order valence-corrected chi connectivity index (χ1v) is 10.5. The lowest BCUT2D eigenvalue weighted by Crippen LogP contribution is -2.20. The highest BCUT2D eigenvalue weighted by atomic mass is 35.5. The van der Waals surface area contributed by atoms with Gasteiger partial charge in [0.15, 0.2) is 6.61 Å². The van der Waals surface area contributed by atoms with Crippen molar-refractivity contribution in [3.8, 4) is 11.8 Å². The molecule has 166 valence electrons. The van der Waals surface area contributed by atoms with Crippen molar-refractivity contribution in [1.29, 1.82) is 5.26 Å². The predicted octanol–water partition coefficient (Wildman–Crippen LogP) is 5.52. The van der Waals surface area contributed by atoms with Crippen molar-refractivity contribution in [3.63, 3.8) is 0 Å². The summed E-state index contributed by atoms with van der Waals surface area (Å²) in [6, 6.07) is 21.4. The van der Waals surface area contributed by atoms with Crippen LogP contribution in [0.5, 0.6) is 5.75 Å². The van der Waals surface area contributed by atoms with E-state index in [1.54, 1.807) is 30.3 Å². The zero-order valence-electron chi connectivity index (χ0n) is 18.2. The number of carbonyl (C=O) groups excluding carboxylic acids is 2. The third-order valence-corrected chi connectivity index (χ3v) is 4.93. The highest BCUT2D eigenvalue weighted by Crippen LogP contribution is 2.26. The van der Waals surface area contributed by atoms with Crippen molar-refractivity contribution in [2.45, 2.75) is 13.8 Å². The van der Waals surface area contributed by atoms with Gasteiger partial charge in [0, 0.05) is 11.4 Å². The van der Waals surface area contributed by atoms with Crippen LogP contribution in [-0.2, 0) is 9.59 Å². The van der Waals surface area contributed by atoms with Gasteiger partial charge in [-0.1, -0.05) is 53.1 Å². The average Bonchev–Trinajstić information content (AvgIpc) is 2.80. The molecule has 0 fully saturated rings. The summed E-state index contributed by atoms with van der Waals surface area (Å²) < 4.78 is 5.51. The molecule has 3 rings (SSSR count). The topological polar surface area (TPSA) is 91.2 Å². The van der Waals surface area contributed by atoms with Crippen LogP contribution in [0.4, 0.5) is 11.4 Å². The van der Waals surface area contributed by atoms with Crippen LogP contribution in [0.3, 0.4) is 0 Å². The first kappa shape index (κ1) is 23.6. The van der Waals surface area contributed by atoms with Gasteiger partial charge < -0.3 is 15.4 Å². The number of anilines is 2. The van der Waals surface area contributed by atoms with Gasteiger partial charge in [-0.15, -0.1) is 0 Å². The molecule has 3 aromatic carbocycles. The first-order chi connectivity index (χ1) is 15.8. The summed E-state index contributed by atoms with van der Waals surface area (Å²) in [5.41, 5.74) is 3.90. The Kier molecular flexibility index (Phi) is 7.85. The number of carbonyl (C=O) groups is 2. The van der Waals surface area contributed by atoms with Crippen LogP contribution < -0.4 is 15.4 Å². The molecule has 7 heteroatoms. The number of hydrogen-bond donors (Lipinski definition) is 2. The van der Waals surface area contributed by atoms with Crippen LogP contribution in [0.25, 0.3) is 6.08 Å². The molecule has 0 aliphatic heterocycles. The smallest absolute Gasteiger partial charge is 0.266 e. The molecule has 3 aromatic rings. The summed E-state index contributed by atoms with van der Waals surface area (Å²) >= 11 is 6.27. The minimum absolute atomic E-state index is 0.0715. The maximum absolute atomic E-state index is 12.4. The van der Waals surface area contributed by atoms with E-state index in [-0.39, 0.29) is 23.1 Å². The van der Waals surface area contributed by atoms with Gasteiger partial charge >= 0.3 is 0 Å². The van der Waals surface area contributed by atoms with Crippen molar-refractivity contribution in [2.75, 3.05) is 17.2 Å². The Balaban J connectivity index is 1.62. The van der Waals surface area contributed by atoms with Crippen molar-refractivity contribution in [1.82, 2.24) is 0 Å². The molecule has 0 spiro atoms. The fourth-order valence-electron chi connectivity index (χ4n) is 2.85. The number of amides is 2. The zero-order valence-corrected chi connectivity index (χ0v) is 18.9. The Morgan fingerprint density at radius 1 is 0.939 bits per heavy atom. The molecular formula is C26H22ClN3O3.